The molecule has 0 radical (unpaired) electrons. The van der Waals surface area contributed by atoms with Gasteiger partial charge in [-0.1, -0.05) is 41.4 Å². The van der Waals surface area contributed by atoms with Crippen LogP contribution in [0.25, 0.3) is 11.3 Å². The van der Waals surface area contributed by atoms with Gasteiger partial charge >= 0.3 is 5.69 Å². The second-order valence-electron chi connectivity index (χ2n) is 5.91. The number of aromatic nitrogens is 3. The van der Waals surface area contributed by atoms with Gasteiger partial charge in [0, 0.05) is 16.3 Å². The first-order valence-electron chi connectivity index (χ1n) is 8.03. The van der Waals surface area contributed by atoms with Gasteiger partial charge in [-0.15, -0.1) is 0 Å². The molecule has 1 heterocycles. The highest BCUT2D eigenvalue weighted by molar-refractivity contribution is 6.30. The molecule has 1 amide bonds. The van der Waals surface area contributed by atoms with E-state index in [0.717, 1.165) is 15.8 Å². The molecule has 0 spiro atoms. The van der Waals surface area contributed by atoms with Crippen LogP contribution in [0.15, 0.2) is 59.5 Å². The van der Waals surface area contributed by atoms with Crippen molar-refractivity contribution in [2.75, 3.05) is 5.32 Å². The third-order valence-electron chi connectivity index (χ3n) is 3.92. The minimum atomic E-state index is -0.808. The first kappa shape index (κ1) is 17.8. The summed E-state index contributed by atoms with van der Waals surface area (Å²) in [6, 6.07) is 13.5. The van der Waals surface area contributed by atoms with E-state index in [9.17, 15) is 9.59 Å². The molecule has 1 N–H and O–H groups in total. The molecule has 6 nitrogen and oxygen atoms in total. The Kier molecular flexibility index (Phi) is 5.14. The standard InChI is InChI=1S/C19H17ClN4O2/c1-12-3-5-14(6-4-12)17-11-21-24(19(26)23-17)13(2)18(25)22-16-9-7-15(20)8-10-16/h3-11,13H,1-2H3,(H,22,25)/t13-/m1/s1. The molecule has 26 heavy (non-hydrogen) atoms. The number of nitrogens with one attached hydrogen (secondary N) is 1. The van der Waals surface area contributed by atoms with E-state index in [4.69, 9.17) is 11.6 Å². The Morgan fingerprint density at radius 3 is 2.38 bits per heavy atom. The van der Waals surface area contributed by atoms with Crippen LogP contribution in [0.2, 0.25) is 5.02 Å². The molecule has 1 atom stereocenters. The van der Waals surface area contributed by atoms with Gasteiger partial charge in [0.25, 0.3) is 0 Å². The Bertz CT molecular complexity index is 982. The Morgan fingerprint density at radius 2 is 1.77 bits per heavy atom. The maximum absolute atomic E-state index is 12.4. The summed E-state index contributed by atoms with van der Waals surface area (Å²) in [6.07, 6.45) is 1.48. The lowest BCUT2D eigenvalue weighted by atomic mass is 10.1. The topological polar surface area (TPSA) is 76.9 Å². The van der Waals surface area contributed by atoms with Crippen molar-refractivity contribution < 1.29 is 4.79 Å². The Morgan fingerprint density at radius 1 is 1.12 bits per heavy atom. The van der Waals surface area contributed by atoms with E-state index >= 15 is 0 Å². The van der Waals surface area contributed by atoms with E-state index in [0.29, 0.717) is 16.4 Å². The summed E-state index contributed by atoms with van der Waals surface area (Å²) >= 11 is 5.82. The van der Waals surface area contributed by atoms with Gasteiger partial charge < -0.3 is 5.32 Å². The molecule has 0 saturated carbocycles. The van der Waals surface area contributed by atoms with Crippen molar-refractivity contribution in [3.63, 3.8) is 0 Å². The highest BCUT2D eigenvalue weighted by Gasteiger charge is 2.18. The highest BCUT2D eigenvalue weighted by Crippen LogP contribution is 2.17. The van der Waals surface area contributed by atoms with Gasteiger partial charge in [-0.2, -0.15) is 10.1 Å². The number of anilines is 1. The number of carbonyl (C=O) groups excluding carboxylic acids is 1. The van der Waals surface area contributed by atoms with Crippen molar-refractivity contribution in [1.82, 2.24) is 14.8 Å². The maximum atomic E-state index is 12.4. The monoisotopic (exact) mass is 368 g/mol. The second kappa shape index (κ2) is 7.49. The normalized spacial score (nSPS) is 11.8. The van der Waals surface area contributed by atoms with Crippen LogP contribution in [-0.2, 0) is 4.79 Å². The number of nitrogens with zero attached hydrogens (tertiary/aromatic N) is 3. The number of halogens is 1. The number of benzene rings is 2. The van der Waals surface area contributed by atoms with Gasteiger partial charge in [0.2, 0.25) is 5.91 Å². The number of hydrogen-bond acceptors (Lipinski definition) is 4. The average molecular weight is 369 g/mol. The first-order chi connectivity index (χ1) is 12.4. The molecular weight excluding hydrogens is 352 g/mol. The van der Waals surface area contributed by atoms with Crippen LogP contribution < -0.4 is 11.0 Å². The summed E-state index contributed by atoms with van der Waals surface area (Å²) in [5.74, 6) is -0.369. The number of hydrogen-bond donors (Lipinski definition) is 1. The summed E-state index contributed by atoms with van der Waals surface area (Å²) in [5.41, 5.74) is 2.38. The van der Waals surface area contributed by atoms with E-state index in [1.54, 1.807) is 31.2 Å². The van der Waals surface area contributed by atoms with Gasteiger partial charge in [0.05, 0.1) is 11.9 Å². The largest absolute Gasteiger partial charge is 0.365 e. The van der Waals surface area contributed by atoms with Crippen molar-refractivity contribution in [3.8, 4) is 11.3 Å². The lowest BCUT2D eigenvalue weighted by Crippen LogP contribution is -2.34. The predicted molar refractivity (Wildman–Crippen MR) is 101 cm³/mol. The van der Waals surface area contributed by atoms with E-state index < -0.39 is 11.7 Å². The van der Waals surface area contributed by atoms with Crippen LogP contribution in [-0.4, -0.2) is 20.7 Å². The molecule has 0 aliphatic carbocycles. The van der Waals surface area contributed by atoms with Gasteiger partial charge in [-0.05, 0) is 38.1 Å². The lowest BCUT2D eigenvalue weighted by molar-refractivity contribution is -0.119. The fraction of sp³-hybridized carbons (Fsp3) is 0.158. The van der Waals surface area contributed by atoms with Crippen molar-refractivity contribution >= 4 is 23.2 Å². The summed E-state index contributed by atoms with van der Waals surface area (Å²) in [7, 11) is 0. The van der Waals surface area contributed by atoms with Crippen LogP contribution in [0.4, 0.5) is 5.69 Å². The molecule has 0 fully saturated rings. The first-order valence-corrected chi connectivity index (χ1v) is 8.41. The molecule has 2 aromatic carbocycles. The van der Waals surface area contributed by atoms with Crippen LogP contribution >= 0.6 is 11.6 Å². The zero-order valence-corrected chi connectivity index (χ0v) is 15.1. The van der Waals surface area contributed by atoms with E-state index in [1.807, 2.05) is 31.2 Å². The predicted octanol–water partition coefficient (Wildman–Crippen LogP) is 3.47. The second-order valence-corrected chi connectivity index (χ2v) is 6.34. The fourth-order valence-corrected chi connectivity index (χ4v) is 2.50. The summed E-state index contributed by atoms with van der Waals surface area (Å²) < 4.78 is 1.06. The third-order valence-corrected chi connectivity index (χ3v) is 4.17. The number of carbonyl (C=O) groups is 1. The maximum Gasteiger partial charge on any atom is 0.365 e. The van der Waals surface area contributed by atoms with Crippen molar-refractivity contribution in [2.45, 2.75) is 19.9 Å². The average Bonchev–Trinajstić information content (AvgIpc) is 2.63. The molecule has 3 aromatic rings. The van der Waals surface area contributed by atoms with Gasteiger partial charge in [0.15, 0.2) is 0 Å². The molecule has 0 aliphatic heterocycles. The van der Waals surface area contributed by atoms with Crippen LogP contribution in [0.5, 0.6) is 0 Å². The Hall–Kier alpha value is -2.99. The van der Waals surface area contributed by atoms with Crippen molar-refractivity contribution in [2.24, 2.45) is 0 Å². The molecular formula is C19H17ClN4O2. The van der Waals surface area contributed by atoms with Gasteiger partial charge in [0.1, 0.15) is 6.04 Å². The van der Waals surface area contributed by atoms with Crippen LogP contribution in [0.1, 0.15) is 18.5 Å². The zero-order chi connectivity index (χ0) is 18.7. The van der Waals surface area contributed by atoms with Crippen LogP contribution in [0.3, 0.4) is 0 Å². The number of aryl methyl sites for hydroxylation is 1. The SMILES string of the molecule is Cc1ccc(-c2cnn([C@H](C)C(=O)Nc3ccc(Cl)cc3)c(=O)n2)cc1. The number of amides is 1. The lowest BCUT2D eigenvalue weighted by Gasteiger charge is -2.14. The molecule has 0 saturated heterocycles. The molecule has 7 heteroatoms. The van der Waals surface area contributed by atoms with Gasteiger partial charge in [-0.25, -0.2) is 9.48 Å². The van der Waals surface area contributed by atoms with Crippen LogP contribution in [0, 0.1) is 6.92 Å². The smallest absolute Gasteiger partial charge is 0.324 e. The minimum absolute atomic E-state index is 0.369. The molecule has 3 rings (SSSR count). The quantitative estimate of drug-likeness (QED) is 0.765. The van der Waals surface area contributed by atoms with E-state index in [1.165, 1.54) is 6.20 Å². The summed E-state index contributed by atoms with van der Waals surface area (Å²) in [4.78, 5) is 28.7. The Labute approximate surface area is 155 Å². The van der Waals surface area contributed by atoms with Gasteiger partial charge in [-0.3, -0.25) is 4.79 Å². The molecule has 132 valence electrons. The Balaban J connectivity index is 1.79. The minimum Gasteiger partial charge on any atom is -0.324 e. The van der Waals surface area contributed by atoms with E-state index in [2.05, 4.69) is 15.4 Å². The van der Waals surface area contributed by atoms with Crippen molar-refractivity contribution in [3.05, 3.63) is 75.8 Å². The summed E-state index contributed by atoms with van der Waals surface area (Å²) in [6.45, 7) is 3.57. The summed E-state index contributed by atoms with van der Waals surface area (Å²) in [5, 5.41) is 7.41. The third kappa shape index (κ3) is 3.97. The van der Waals surface area contributed by atoms with Crippen molar-refractivity contribution in [1.29, 1.82) is 0 Å². The van der Waals surface area contributed by atoms with E-state index in [-0.39, 0.29) is 5.91 Å². The zero-order valence-electron chi connectivity index (χ0n) is 14.3. The molecule has 0 aliphatic rings. The number of rotatable bonds is 4. The molecule has 0 unspecified atom stereocenters. The molecule has 0 bridgehead atoms. The highest BCUT2D eigenvalue weighted by atomic mass is 35.5. The molecule has 1 aromatic heterocycles. The fourth-order valence-electron chi connectivity index (χ4n) is 2.37.